The molecule has 1 aromatic carbocycles. The van der Waals surface area contributed by atoms with Crippen LogP contribution in [-0.2, 0) is 11.3 Å². The van der Waals surface area contributed by atoms with E-state index >= 15 is 0 Å². The summed E-state index contributed by atoms with van der Waals surface area (Å²) in [4.78, 5) is 12.0. The Bertz CT molecular complexity index is 1410. The second kappa shape index (κ2) is 13.1. The molecule has 0 spiro atoms. The molecule has 0 saturated carbocycles. The zero-order valence-electron chi connectivity index (χ0n) is 25.9. The number of aromatic nitrogens is 2. The second-order valence-electron chi connectivity index (χ2n) is 12.8. The first-order valence-corrected chi connectivity index (χ1v) is 16.6. The Hall–Kier alpha value is -2.65. The van der Waals surface area contributed by atoms with Crippen LogP contribution in [0, 0.1) is 25.7 Å². The molecule has 3 aromatic rings. The molecule has 5 heterocycles. The Labute approximate surface area is 267 Å². The van der Waals surface area contributed by atoms with Crippen LogP contribution >= 0.6 is 23.8 Å². The summed E-state index contributed by atoms with van der Waals surface area (Å²) in [7, 11) is 0. The SMILES string of the molecule is Cc1cc(C2C(c3ccccn3)NC(=S)N2c2ccc(N3CC(C)CC(C)C3)c(Cl)c2)c(C)n1CCCN1CCOCC1. The average Bonchev–Trinajstić information content (AvgIpc) is 3.48. The lowest BCUT2D eigenvalue weighted by Crippen LogP contribution is -2.38. The van der Waals surface area contributed by atoms with Gasteiger partial charge in [0, 0.05) is 62.5 Å². The number of aryl methyl sites for hydroxylation is 1. The molecule has 3 fully saturated rings. The summed E-state index contributed by atoms with van der Waals surface area (Å²) in [5, 5.41) is 5.10. The van der Waals surface area contributed by atoms with Gasteiger partial charge in [-0.05, 0) is 92.7 Å². The maximum absolute atomic E-state index is 7.05. The molecule has 4 atom stereocenters. The summed E-state index contributed by atoms with van der Waals surface area (Å²) < 4.78 is 8.01. The molecule has 0 aliphatic carbocycles. The van der Waals surface area contributed by atoms with Gasteiger partial charge < -0.3 is 24.4 Å². The molecular weight excluding hydrogens is 576 g/mol. The molecule has 3 saturated heterocycles. The van der Waals surface area contributed by atoms with Crippen molar-refractivity contribution in [1.29, 1.82) is 0 Å². The molecule has 0 bridgehead atoms. The number of rotatable bonds is 8. The highest BCUT2D eigenvalue weighted by Crippen LogP contribution is 2.45. The third-order valence-electron chi connectivity index (χ3n) is 9.41. The quantitative estimate of drug-likeness (QED) is 0.287. The van der Waals surface area contributed by atoms with E-state index < -0.39 is 0 Å². The number of thiocarbonyl (C=S) groups is 1. The molecule has 2 aromatic heterocycles. The average molecular weight is 621 g/mol. The van der Waals surface area contributed by atoms with Crippen molar-refractivity contribution in [3.05, 3.63) is 76.3 Å². The fourth-order valence-electron chi connectivity index (χ4n) is 7.46. The summed E-state index contributed by atoms with van der Waals surface area (Å²) in [6.45, 7) is 17.0. The van der Waals surface area contributed by atoms with Crippen molar-refractivity contribution in [3.8, 4) is 0 Å². The molecule has 0 radical (unpaired) electrons. The minimum Gasteiger partial charge on any atom is -0.379 e. The second-order valence-corrected chi connectivity index (χ2v) is 13.6. The lowest BCUT2D eigenvalue weighted by atomic mass is 9.91. The van der Waals surface area contributed by atoms with E-state index in [0.29, 0.717) is 16.9 Å². The van der Waals surface area contributed by atoms with Crippen molar-refractivity contribution < 1.29 is 4.74 Å². The number of nitrogens with zero attached hydrogens (tertiary/aromatic N) is 5. The Balaban J connectivity index is 1.31. The van der Waals surface area contributed by atoms with Crippen LogP contribution in [0.1, 0.15) is 61.4 Å². The number of benzene rings is 1. The highest BCUT2D eigenvalue weighted by Gasteiger charge is 2.42. The zero-order chi connectivity index (χ0) is 30.1. The highest BCUT2D eigenvalue weighted by atomic mass is 35.5. The number of halogens is 1. The van der Waals surface area contributed by atoms with Gasteiger partial charge in [-0.15, -0.1) is 0 Å². The van der Waals surface area contributed by atoms with Crippen molar-refractivity contribution in [3.63, 3.8) is 0 Å². The zero-order valence-corrected chi connectivity index (χ0v) is 27.5. The van der Waals surface area contributed by atoms with E-state index in [-0.39, 0.29) is 12.1 Å². The van der Waals surface area contributed by atoms with Gasteiger partial charge in [0.05, 0.1) is 41.7 Å². The molecular formula is C34H45ClN6OS. The number of ether oxygens (including phenoxy) is 1. The van der Waals surface area contributed by atoms with Gasteiger partial charge in [-0.3, -0.25) is 9.88 Å². The van der Waals surface area contributed by atoms with E-state index in [2.05, 4.69) is 82.6 Å². The summed E-state index contributed by atoms with van der Waals surface area (Å²) in [6, 6.07) is 14.8. The molecule has 3 aliphatic rings. The van der Waals surface area contributed by atoms with Crippen molar-refractivity contribution in [2.75, 3.05) is 55.7 Å². The minimum atomic E-state index is -0.0850. The summed E-state index contributed by atoms with van der Waals surface area (Å²) in [5.74, 6) is 1.31. The first-order valence-electron chi connectivity index (χ1n) is 15.8. The smallest absolute Gasteiger partial charge is 0.174 e. The van der Waals surface area contributed by atoms with E-state index in [4.69, 9.17) is 33.5 Å². The summed E-state index contributed by atoms with van der Waals surface area (Å²) >= 11 is 13.1. The van der Waals surface area contributed by atoms with Crippen LogP contribution in [0.4, 0.5) is 11.4 Å². The highest BCUT2D eigenvalue weighted by molar-refractivity contribution is 7.80. The van der Waals surface area contributed by atoms with Crippen molar-refractivity contribution in [2.24, 2.45) is 11.8 Å². The van der Waals surface area contributed by atoms with E-state index in [9.17, 15) is 0 Å². The van der Waals surface area contributed by atoms with Gasteiger partial charge in [0.25, 0.3) is 0 Å². The maximum Gasteiger partial charge on any atom is 0.174 e. The normalized spacial score (nSPS) is 24.9. The third-order valence-corrected chi connectivity index (χ3v) is 10.0. The molecule has 4 unspecified atom stereocenters. The number of piperidine rings is 1. The Kier molecular flexibility index (Phi) is 9.29. The van der Waals surface area contributed by atoms with Gasteiger partial charge in [0.15, 0.2) is 5.11 Å². The number of morpholine rings is 1. The Morgan fingerprint density at radius 1 is 1.02 bits per heavy atom. The van der Waals surface area contributed by atoms with Gasteiger partial charge in [-0.2, -0.15) is 0 Å². The molecule has 1 N–H and O–H groups in total. The predicted molar refractivity (Wildman–Crippen MR) is 180 cm³/mol. The van der Waals surface area contributed by atoms with Gasteiger partial charge in [0.2, 0.25) is 0 Å². The van der Waals surface area contributed by atoms with Crippen molar-refractivity contribution in [2.45, 2.75) is 59.2 Å². The first-order chi connectivity index (χ1) is 20.8. The fraction of sp³-hybridized carbons (Fsp3) is 0.529. The fourth-order valence-corrected chi connectivity index (χ4v) is 8.10. The van der Waals surface area contributed by atoms with E-state index in [1.54, 1.807) is 0 Å². The van der Waals surface area contributed by atoms with Gasteiger partial charge in [-0.1, -0.05) is 31.5 Å². The first kappa shape index (κ1) is 30.4. The van der Waals surface area contributed by atoms with Gasteiger partial charge >= 0.3 is 0 Å². The van der Waals surface area contributed by atoms with Crippen LogP contribution in [0.25, 0.3) is 0 Å². The lowest BCUT2D eigenvalue weighted by molar-refractivity contribution is 0.0369. The maximum atomic E-state index is 7.05. The van der Waals surface area contributed by atoms with Crippen molar-refractivity contribution >= 4 is 40.3 Å². The van der Waals surface area contributed by atoms with Crippen LogP contribution in [0.3, 0.4) is 0 Å². The Morgan fingerprint density at radius 2 is 1.79 bits per heavy atom. The molecule has 230 valence electrons. The third kappa shape index (κ3) is 6.44. The standard InChI is InChI=1S/C34H45ClN6OS/c1-23-18-24(2)22-39(21-23)31-10-9-27(20-29(31)35)41-33(32(37-34(41)43)30-8-5-6-11-36-30)28-19-25(3)40(26(28)4)13-7-12-38-14-16-42-17-15-38/h5-6,8-11,19-20,23-24,32-33H,7,12-18,21-22H2,1-4H3,(H,37,43). The van der Waals surface area contributed by atoms with Crippen LogP contribution in [-0.4, -0.2) is 65.5 Å². The number of hydrogen-bond donors (Lipinski definition) is 1. The van der Waals surface area contributed by atoms with Crippen LogP contribution in [0.15, 0.2) is 48.7 Å². The number of pyridine rings is 1. The number of hydrogen-bond acceptors (Lipinski definition) is 5. The molecule has 6 rings (SSSR count). The van der Waals surface area contributed by atoms with E-state index in [0.717, 1.165) is 81.0 Å². The lowest BCUT2D eigenvalue weighted by Gasteiger charge is -2.37. The number of anilines is 2. The minimum absolute atomic E-state index is 0.0569. The van der Waals surface area contributed by atoms with E-state index in [1.165, 1.54) is 23.4 Å². The molecule has 3 aliphatic heterocycles. The molecule has 0 amide bonds. The molecule has 9 heteroatoms. The monoisotopic (exact) mass is 620 g/mol. The van der Waals surface area contributed by atoms with Crippen LogP contribution in [0.5, 0.6) is 0 Å². The van der Waals surface area contributed by atoms with Crippen molar-refractivity contribution in [1.82, 2.24) is 19.8 Å². The topological polar surface area (TPSA) is 48.8 Å². The summed E-state index contributed by atoms with van der Waals surface area (Å²) in [5.41, 5.74) is 6.91. The predicted octanol–water partition coefficient (Wildman–Crippen LogP) is 6.54. The van der Waals surface area contributed by atoms with Crippen LogP contribution in [0.2, 0.25) is 5.02 Å². The van der Waals surface area contributed by atoms with Gasteiger partial charge in [-0.25, -0.2) is 0 Å². The molecule has 7 nitrogen and oxygen atoms in total. The van der Waals surface area contributed by atoms with Crippen LogP contribution < -0.4 is 15.1 Å². The Morgan fingerprint density at radius 3 is 2.49 bits per heavy atom. The molecule has 43 heavy (non-hydrogen) atoms. The van der Waals surface area contributed by atoms with Gasteiger partial charge in [0.1, 0.15) is 0 Å². The summed E-state index contributed by atoms with van der Waals surface area (Å²) in [6.07, 6.45) is 4.23. The largest absolute Gasteiger partial charge is 0.379 e. The van der Waals surface area contributed by atoms with E-state index in [1.807, 2.05) is 18.3 Å². The number of nitrogens with one attached hydrogen (secondary N) is 1.